The Balaban J connectivity index is 3.29. The first kappa shape index (κ1) is 14.6. The molecule has 0 radical (unpaired) electrons. The number of hydrogen-bond acceptors (Lipinski definition) is 3. The van der Waals surface area contributed by atoms with Crippen molar-refractivity contribution in [2.24, 2.45) is 0 Å². The molecule has 0 aliphatic carbocycles. The molecule has 18 heavy (non-hydrogen) atoms. The monoisotopic (exact) mass is 330 g/mol. The Hall–Kier alpha value is -1.43. The molecular weight excluding hydrogens is 327 g/mol. The molecule has 0 fully saturated rings. The van der Waals surface area contributed by atoms with Gasteiger partial charge < -0.3 is 4.74 Å². The Morgan fingerprint density at radius 3 is 2.50 bits per heavy atom. The standard InChI is InChI=1S/C9H4BrF5N2O/c10-6-4(1-2-16)3-17-8(5(6)7(11)12)18-9(13,14)15/h3,7H,1H2. The Kier molecular flexibility index (Phi) is 4.45. The van der Waals surface area contributed by atoms with E-state index in [0.29, 0.717) is 0 Å². The summed E-state index contributed by atoms with van der Waals surface area (Å²) < 4.78 is 64.4. The van der Waals surface area contributed by atoms with Gasteiger partial charge in [-0.3, -0.25) is 0 Å². The highest BCUT2D eigenvalue weighted by molar-refractivity contribution is 9.10. The van der Waals surface area contributed by atoms with Crippen LogP contribution in [-0.2, 0) is 6.42 Å². The number of nitriles is 1. The summed E-state index contributed by atoms with van der Waals surface area (Å²) in [6, 6.07) is 1.68. The van der Waals surface area contributed by atoms with Gasteiger partial charge in [0.2, 0.25) is 5.88 Å². The fourth-order valence-corrected chi connectivity index (χ4v) is 1.70. The lowest BCUT2D eigenvalue weighted by atomic mass is 10.1. The van der Waals surface area contributed by atoms with Gasteiger partial charge in [-0.2, -0.15) is 5.26 Å². The third-order valence-electron chi connectivity index (χ3n) is 1.79. The van der Waals surface area contributed by atoms with E-state index in [9.17, 15) is 22.0 Å². The number of alkyl halides is 5. The molecule has 0 aliphatic heterocycles. The first-order valence-electron chi connectivity index (χ1n) is 4.34. The van der Waals surface area contributed by atoms with E-state index in [0.717, 1.165) is 6.20 Å². The third-order valence-corrected chi connectivity index (χ3v) is 2.72. The minimum Gasteiger partial charge on any atom is -0.387 e. The van der Waals surface area contributed by atoms with Gasteiger partial charge in [0.1, 0.15) is 0 Å². The number of pyridine rings is 1. The van der Waals surface area contributed by atoms with Gasteiger partial charge in [0.05, 0.1) is 18.1 Å². The van der Waals surface area contributed by atoms with Crippen LogP contribution in [0, 0.1) is 11.3 Å². The highest BCUT2D eigenvalue weighted by atomic mass is 79.9. The van der Waals surface area contributed by atoms with E-state index in [1.54, 1.807) is 6.07 Å². The fraction of sp³-hybridized carbons (Fsp3) is 0.333. The smallest absolute Gasteiger partial charge is 0.387 e. The molecule has 0 aliphatic rings. The van der Waals surface area contributed by atoms with Crippen LogP contribution in [0.15, 0.2) is 10.7 Å². The quantitative estimate of drug-likeness (QED) is 0.793. The first-order chi connectivity index (χ1) is 8.26. The van der Waals surface area contributed by atoms with Crippen molar-refractivity contribution in [1.29, 1.82) is 5.26 Å². The number of nitrogens with zero attached hydrogens (tertiary/aromatic N) is 2. The van der Waals surface area contributed by atoms with Gasteiger partial charge in [-0.05, 0) is 21.5 Å². The van der Waals surface area contributed by atoms with E-state index < -0.39 is 24.2 Å². The molecular formula is C9H4BrF5N2O. The lowest BCUT2D eigenvalue weighted by molar-refractivity contribution is -0.276. The van der Waals surface area contributed by atoms with Crippen molar-refractivity contribution in [2.45, 2.75) is 19.2 Å². The van der Waals surface area contributed by atoms with Gasteiger partial charge in [-0.15, -0.1) is 13.2 Å². The molecule has 0 unspecified atom stereocenters. The second kappa shape index (κ2) is 5.48. The molecule has 1 aromatic heterocycles. The topological polar surface area (TPSA) is 45.9 Å². The van der Waals surface area contributed by atoms with Gasteiger partial charge in [0.15, 0.2) is 0 Å². The zero-order chi connectivity index (χ0) is 13.9. The van der Waals surface area contributed by atoms with Crippen LogP contribution in [0.1, 0.15) is 17.6 Å². The predicted octanol–water partition coefficient (Wildman–Crippen LogP) is 3.75. The van der Waals surface area contributed by atoms with Gasteiger partial charge in [-0.25, -0.2) is 13.8 Å². The van der Waals surface area contributed by atoms with Crippen LogP contribution < -0.4 is 4.74 Å². The molecule has 1 aromatic rings. The molecule has 1 heterocycles. The van der Waals surface area contributed by atoms with Crippen molar-refractivity contribution in [3.63, 3.8) is 0 Å². The van der Waals surface area contributed by atoms with Crippen LogP contribution in [0.2, 0.25) is 0 Å². The summed E-state index contributed by atoms with van der Waals surface area (Å²) in [5.41, 5.74) is -0.970. The molecule has 0 atom stereocenters. The largest absolute Gasteiger partial charge is 0.574 e. The zero-order valence-corrected chi connectivity index (χ0v) is 10.0. The fourth-order valence-electron chi connectivity index (χ4n) is 1.12. The maximum Gasteiger partial charge on any atom is 0.574 e. The number of aromatic nitrogens is 1. The average molecular weight is 331 g/mol. The SMILES string of the molecule is N#CCc1cnc(OC(F)(F)F)c(C(F)F)c1Br. The van der Waals surface area contributed by atoms with E-state index in [1.807, 2.05) is 0 Å². The molecule has 0 aromatic carbocycles. The summed E-state index contributed by atoms with van der Waals surface area (Å²) >= 11 is 2.72. The molecule has 3 nitrogen and oxygen atoms in total. The van der Waals surface area contributed by atoms with Crippen LogP contribution >= 0.6 is 15.9 Å². The summed E-state index contributed by atoms with van der Waals surface area (Å²) in [7, 11) is 0. The summed E-state index contributed by atoms with van der Waals surface area (Å²) in [5, 5.41) is 8.43. The molecule has 0 bridgehead atoms. The first-order valence-corrected chi connectivity index (χ1v) is 5.13. The van der Waals surface area contributed by atoms with Crippen LogP contribution in [0.5, 0.6) is 5.88 Å². The minimum atomic E-state index is -5.12. The second-order valence-electron chi connectivity index (χ2n) is 3.00. The summed E-state index contributed by atoms with van der Waals surface area (Å²) in [6.45, 7) is 0. The Morgan fingerprint density at radius 1 is 1.44 bits per heavy atom. The van der Waals surface area contributed by atoms with Crippen molar-refractivity contribution >= 4 is 15.9 Å². The minimum absolute atomic E-state index is 0.0577. The molecule has 0 spiro atoms. The van der Waals surface area contributed by atoms with Crippen molar-refractivity contribution in [1.82, 2.24) is 4.98 Å². The van der Waals surface area contributed by atoms with Crippen molar-refractivity contribution in [2.75, 3.05) is 0 Å². The zero-order valence-electron chi connectivity index (χ0n) is 8.43. The molecule has 9 heteroatoms. The summed E-state index contributed by atoms with van der Waals surface area (Å²) in [6.07, 6.45) is -7.73. The summed E-state index contributed by atoms with van der Waals surface area (Å²) in [4.78, 5) is 3.16. The van der Waals surface area contributed by atoms with E-state index in [4.69, 9.17) is 5.26 Å². The lowest BCUT2D eigenvalue weighted by Gasteiger charge is -2.14. The average Bonchev–Trinajstić information content (AvgIpc) is 2.19. The van der Waals surface area contributed by atoms with Gasteiger partial charge in [0.25, 0.3) is 6.43 Å². The number of rotatable bonds is 3. The van der Waals surface area contributed by atoms with Gasteiger partial charge >= 0.3 is 6.36 Å². The van der Waals surface area contributed by atoms with E-state index >= 15 is 0 Å². The number of ether oxygens (including phenoxy) is 1. The van der Waals surface area contributed by atoms with Crippen molar-refractivity contribution in [3.8, 4) is 11.9 Å². The summed E-state index contributed by atoms with van der Waals surface area (Å²) in [5.74, 6) is -1.23. The Bertz CT molecular complexity index is 483. The van der Waals surface area contributed by atoms with E-state index in [2.05, 4.69) is 25.7 Å². The maximum absolute atomic E-state index is 12.7. The van der Waals surface area contributed by atoms with Crippen LogP contribution in [0.4, 0.5) is 22.0 Å². The third kappa shape index (κ3) is 3.53. The van der Waals surface area contributed by atoms with Gasteiger partial charge in [0, 0.05) is 10.7 Å². The second-order valence-corrected chi connectivity index (χ2v) is 3.79. The molecule has 98 valence electrons. The molecule has 0 saturated heterocycles. The van der Waals surface area contributed by atoms with E-state index in [1.165, 1.54) is 0 Å². The number of hydrogen-bond donors (Lipinski definition) is 0. The maximum atomic E-state index is 12.7. The van der Waals surface area contributed by atoms with Crippen LogP contribution in [0.25, 0.3) is 0 Å². The molecule has 0 N–H and O–H groups in total. The Labute approximate surface area is 106 Å². The van der Waals surface area contributed by atoms with Crippen molar-refractivity contribution in [3.05, 3.63) is 21.8 Å². The predicted molar refractivity (Wildman–Crippen MR) is 52.9 cm³/mol. The molecule has 0 amide bonds. The van der Waals surface area contributed by atoms with Crippen LogP contribution in [-0.4, -0.2) is 11.3 Å². The molecule has 1 rings (SSSR count). The van der Waals surface area contributed by atoms with Gasteiger partial charge in [-0.1, -0.05) is 0 Å². The molecule has 0 saturated carbocycles. The lowest BCUT2D eigenvalue weighted by Crippen LogP contribution is -2.19. The van der Waals surface area contributed by atoms with E-state index in [-0.39, 0.29) is 16.5 Å². The van der Waals surface area contributed by atoms with Crippen LogP contribution in [0.3, 0.4) is 0 Å². The highest BCUT2D eigenvalue weighted by Gasteiger charge is 2.35. The Morgan fingerprint density at radius 2 is 2.06 bits per heavy atom. The van der Waals surface area contributed by atoms with Crippen molar-refractivity contribution < 1.29 is 26.7 Å². The normalized spacial score (nSPS) is 11.4. The number of halogens is 6. The highest BCUT2D eigenvalue weighted by Crippen LogP contribution is 2.38.